The number of carbonyl (C=O) groups is 1. The predicted molar refractivity (Wildman–Crippen MR) is 57.9 cm³/mol. The minimum absolute atomic E-state index is 0.106. The lowest BCUT2D eigenvalue weighted by Crippen LogP contribution is -2.38. The maximum atomic E-state index is 10.3. The lowest BCUT2D eigenvalue weighted by atomic mass is 10.2. The van der Waals surface area contributed by atoms with Gasteiger partial charge in [-0.3, -0.25) is 9.69 Å². The SMILES string of the molecule is CC(C)N1CCC[C@@H]1COCCC(=O)O. The summed E-state index contributed by atoms with van der Waals surface area (Å²) in [6, 6.07) is 1.04. The van der Waals surface area contributed by atoms with Gasteiger partial charge in [0.25, 0.3) is 0 Å². The van der Waals surface area contributed by atoms with Crippen LogP contribution in [0.5, 0.6) is 0 Å². The van der Waals surface area contributed by atoms with Gasteiger partial charge in [-0.2, -0.15) is 0 Å². The van der Waals surface area contributed by atoms with Gasteiger partial charge >= 0.3 is 5.97 Å². The molecule has 0 unspecified atom stereocenters. The number of carboxylic acids is 1. The topological polar surface area (TPSA) is 49.8 Å². The number of rotatable bonds is 6. The molecule has 1 aliphatic rings. The van der Waals surface area contributed by atoms with Crippen LogP contribution in [-0.4, -0.2) is 47.8 Å². The van der Waals surface area contributed by atoms with Crippen molar-refractivity contribution in [2.75, 3.05) is 19.8 Å². The van der Waals surface area contributed by atoms with Gasteiger partial charge in [0, 0.05) is 12.1 Å². The Morgan fingerprint density at radius 1 is 1.60 bits per heavy atom. The number of likely N-dealkylation sites (tertiary alicyclic amines) is 1. The van der Waals surface area contributed by atoms with Crippen LogP contribution in [0.2, 0.25) is 0 Å². The molecule has 1 N–H and O–H groups in total. The number of ether oxygens (including phenoxy) is 1. The summed E-state index contributed by atoms with van der Waals surface area (Å²) in [7, 11) is 0. The zero-order chi connectivity index (χ0) is 11.3. The number of aliphatic carboxylic acids is 1. The van der Waals surface area contributed by atoms with Crippen LogP contribution in [-0.2, 0) is 9.53 Å². The molecule has 1 saturated heterocycles. The third-order valence-electron chi connectivity index (χ3n) is 2.86. The van der Waals surface area contributed by atoms with Gasteiger partial charge in [-0.25, -0.2) is 0 Å². The van der Waals surface area contributed by atoms with Gasteiger partial charge < -0.3 is 9.84 Å². The van der Waals surface area contributed by atoms with E-state index in [4.69, 9.17) is 9.84 Å². The first-order valence-corrected chi connectivity index (χ1v) is 5.66. The van der Waals surface area contributed by atoms with Gasteiger partial charge in [0.2, 0.25) is 0 Å². The van der Waals surface area contributed by atoms with Crippen LogP contribution in [0.15, 0.2) is 0 Å². The second-order valence-corrected chi connectivity index (χ2v) is 4.35. The Labute approximate surface area is 91.2 Å². The van der Waals surface area contributed by atoms with Crippen molar-refractivity contribution in [2.24, 2.45) is 0 Å². The molecule has 0 aromatic carbocycles. The molecular weight excluding hydrogens is 194 g/mol. The van der Waals surface area contributed by atoms with E-state index in [1.165, 1.54) is 12.8 Å². The number of nitrogens with zero attached hydrogens (tertiary/aromatic N) is 1. The lowest BCUT2D eigenvalue weighted by Gasteiger charge is -2.27. The Kier molecular flexibility index (Phi) is 5.05. The van der Waals surface area contributed by atoms with E-state index in [-0.39, 0.29) is 6.42 Å². The second-order valence-electron chi connectivity index (χ2n) is 4.35. The zero-order valence-corrected chi connectivity index (χ0v) is 9.61. The molecule has 4 nitrogen and oxygen atoms in total. The van der Waals surface area contributed by atoms with Gasteiger partial charge in [-0.05, 0) is 33.2 Å². The summed E-state index contributed by atoms with van der Waals surface area (Å²) in [4.78, 5) is 12.7. The van der Waals surface area contributed by atoms with Crippen molar-refractivity contribution in [1.82, 2.24) is 4.90 Å². The van der Waals surface area contributed by atoms with Crippen molar-refractivity contribution in [3.63, 3.8) is 0 Å². The highest BCUT2D eigenvalue weighted by atomic mass is 16.5. The highest BCUT2D eigenvalue weighted by Gasteiger charge is 2.26. The first-order valence-electron chi connectivity index (χ1n) is 5.66. The summed E-state index contributed by atoms with van der Waals surface area (Å²) in [5, 5.41) is 8.46. The fraction of sp³-hybridized carbons (Fsp3) is 0.909. The molecule has 1 fully saturated rings. The number of carboxylic acid groups (broad SMARTS) is 1. The van der Waals surface area contributed by atoms with Crippen molar-refractivity contribution in [3.8, 4) is 0 Å². The zero-order valence-electron chi connectivity index (χ0n) is 9.61. The first kappa shape index (κ1) is 12.5. The molecule has 0 radical (unpaired) electrons. The van der Waals surface area contributed by atoms with E-state index in [1.54, 1.807) is 0 Å². The van der Waals surface area contributed by atoms with Gasteiger partial charge in [-0.1, -0.05) is 0 Å². The highest BCUT2D eigenvalue weighted by molar-refractivity contribution is 5.66. The maximum absolute atomic E-state index is 10.3. The number of hydrogen-bond donors (Lipinski definition) is 1. The second kappa shape index (κ2) is 6.08. The van der Waals surface area contributed by atoms with E-state index in [0.29, 0.717) is 25.3 Å². The van der Waals surface area contributed by atoms with Crippen LogP contribution >= 0.6 is 0 Å². The Morgan fingerprint density at radius 3 is 2.93 bits per heavy atom. The van der Waals surface area contributed by atoms with Crippen LogP contribution in [0.3, 0.4) is 0 Å². The minimum atomic E-state index is -0.790. The molecule has 1 atom stereocenters. The van der Waals surface area contributed by atoms with Crippen molar-refractivity contribution >= 4 is 5.97 Å². The Hall–Kier alpha value is -0.610. The summed E-state index contributed by atoms with van der Waals surface area (Å²) < 4.78 is 5.39. The smallest absolute Gasteiger partial charge is 0.305 e. The standard InChI is InChI=1S/C11H21NO3/c1-9(2)12-6-3-4-10(12)8-15-7-5-11(13)14/h9-10H,3-8H2,1-2H3,(H,13,14)/t10-/m1/s1. The summed E-state index contributed by atoms with van der Waals surface area (Å²) in [5.41, 5.74) is 0. The third kappa shape index (κ3) is 4.18. The third-order valence-corrected chi connectivity index (χ3v) is 2.86. The molecule has 0 aromatic heterocycles. The molecule has 0 spiro atoms. The van der Waals surface area contributed by atoms with Crippen molar-refractivity contribution in [1.29, 1.82) is 0 Å². The average molecular weight is 215 g/mol. The fourth-order valence-electron chi connectivity index (χ4n) is 2.10. The Balaban J connectivity index is 2.17. The molecule has 0 saturated carbocycles. The Morgan fingerprint density at radius 2 is 2.33 bits per heavy atom. The molecule has 15 heavy (non-hydrogen) atoms. The molecule has 1 heterocycles. The quantitative estimate of drug-likeness (QED) is 0.679. The molecule has 88 valence electrons. The van der Waals surface area contributed by atoms with Crippen LogP contribution in [0, 0.1) is 0 Å². The van der Waals surface area contributed by atoms with Gasteiger partial charge in [0.15, 0.2) is 0 Å². The molecular formula is C11H21NO3. The van der Waals surface area contributed by atoms with Crippen LogP contribution in [0.1, 0.15) is 33.1 Å². The molecule has 0 amide bonds. The Bertz CT molecular complexity index is 206. The van der Waals surface area contributed by atoms with Crippen LogP contribution in [0.25, 0.3) is 0 Å². The van der Waals surface area contributed by atoms with E-state index >= 15 is 0 Å². The van der Waals surface area contributed by atoms with Gasteiger partial charge in [0.1, 0.15) is 0 Å². The van der Waals surface area contributed by atoms with Crippen molar-refractivity contribution in [3.05, 3.63) is 0 Å². The molecule has 0 aromatic rings. The lowest BCUT2D eigenvalue weighted by molar-refractivity contribution is -0.138. The monoisotopic (exact) mass is 215 g/mol. The summed E-state index contributed by atoms with van der Waals surface area (Å²) in [6.45, 7) is 6.53. The first-order chi connectivity index (χ1) is 7.11. The highest BCUT2D eigenvalue weighted by Crippen LogP contribution is 2.19. The number of hydrogen-bond acceptors (Lipinski definition) is 3. The minimum Gasteiger partial charge on any atom is -0.481 e. The molecule has 1 rings (SSSR count). The van der Waals surface area contributed by atoms with Crippen LogP contribution in [0.4, 0.5) is 0 Å². The maximum Gasteiger partial charge on any atom is 0.305 e. The largest absolute Gasteiger partial charge is 0.481 e. The summed E-state index contributed by atoms with van der Waals surface area (Å²) in [6.07, 6.45) is 2.50. The van der Waals surface area contributed by atoms with Crippen molar-refractivity contribution in [2.45, 2.75) is 45.2 Å². The van der Waals surface area contributed by atoms with E-state index in [1.807, 2.05) is 0 Å². The fourth-order valence-corrected chi connectivity index (χ4v) is 2.10. The summed E-state index contributed by atoms with van der Waals surface area (Å²) in [5.74, 6) is -0.790. The molecule has 1 aliphatic heterocycles. The molecule has 4 heteroatoms. The predicted octanol–water partition coefficient (Wildman–Crippen LogP) is 1.35. The van der Waals surface area contributed by atoms with E-state index in [0.717, 1.165) is 6.54 Å². The summed E-state index contributed by atoms with van der Waals surface area (Å²) >= 11 is 0. The normalized spacial score (nSPS) is 22.5. The van der Waals surface area contributed by atoms with E-state index in [2.05, 4.69) is 18.7 Å². The van der Waals surface area contributed by atoms with Crippen molar-refractivity contribution < 1.29 is 14.6 Å². The van der Waals surface area contributed by atoms with Gasteiger partial charge in [-0.15, -0.1) is 0 Å². The average Bonchev–Trinajstić information content (AvgIpc) is 2.60. The van der Waals surface area contributed by atoms with Crippen LogP contribution < -0.4 is 0 Å². The van der Waals surface area contributed by atoms with E-state index in [9.17, 15) is 4.79 Å². The van der Waals surface area contributed by atoms with Gasteiger partial charge in [0.05, 0.1) is 19.6 Å². The molecule has 0 bridgehead atoms. The van der Waals surface area contributed by atoms with E-state index < -0.39 is 5.97 Å². The molecule has 0 aliphatic carbocycles.